The number of carbonyl (C=O) groups is 1. The van der Waals surface area contributed by atoms with Crippen molar-refractivity contribution in [3.63, 3.8) is 0 Å². The fourth-order valence-electron chi connectivity index (χ4n) is 1.13. The van der Waals surface area contributed by atoms with Crippen LogP contribution in [-0.4, -0.2) is 49.9 Å². The zero-order valence-corrected chi connectivity index (χ0v) is 9.95. The van der Waals surface area contributed by atoms with E-state index in [1.54, 1.807) is 11.0 Å². The van der Waals surface area contributed by atoms with Crippen LogP contribution < -0.4 is 0 Å². The molecule has 0 aliphatic heterocycles. The van der Waals surface area contributed by atoms with E-state index in [0.29, 0.717) is 5.92 Å². The lowest BCUT2D eigenvalue weighted by Gasteiger charge is -2.17. The Balaban J connectivity index is 3.89. The highest BCUT2D eigenvalue weighted by molar-refractivity contribution is 5.87. The normalized spacial score (nSPS) is 11.6. The third kappa shape index (κ3) is 6.66. The lowest BCUT2D eigenvalue weighted by Crippen LogP contribution is -2.28. The lowest BCUT2D eigenvalue weighted by atomic mass is 10.2. The standard InChI is InChI=1S/C11H22N2O/c1-10(2)9-13(5)11(14)7-6-8-12(3)4/h6-7,10H,8-9H2,1-5H3/b7-6+. The van der Waals surface area contributed by atoms with Gasteiger partial charge >= 0.3 is 0 Å². The van der Waals surface area contributed by atoms with Gasteiger partial charge in [-0.25, -0.2) is 0 Å². The van der Waals surface area contributed by atoms with E-state index in [1.165, 1.54) is 0 Å². The molecule has 0 atom stereocenters. The van der Waals surface area contributed by atoms with Crippen molar-refractivity contribution in [3.05, 3.63) is 12.2 Å². The van der Waals surface area contributed by atoms with E-state index in [0.717, 1.165) is 13.1 Å². The maximum Gasteiger partial charge on any atom is 0.246 e. The van der Waals surface area contributed by atoms with Crippen molar-refractivity contribution in [2.75, 3.05) is 34.2 Å². The van der Waals surface area contributed by atoms with Crippen molar-refractivity contribution < 1.29 is 4.79 Å². The molecule has 0 radical (unpaired) electrons. The molecule has 0 aromatic heterocycles. The van der Waals surface area contributed by atoms with Crippen LogP contribution in [0, 0.1) is 5.92 Å². The van der Waals surface area contributed by atoms with Gasteiger partial charge in [0.2, 0.25) is 5.91 Å². The summed E-state index contributed by atoms with van der Waals surface area (Å²) in [4.78, 5) is 15.2. The molecule has 14 heavy (non-hydrogen) atoms. The van der Waals surface area contributed by atoms with Gasteiger partial charge in [-0.1, -0.05) is 19.9 Å². The number of nitrogens with zero attached hydrogens (tertiary/aromatic N) is 2. The number of hydrogen-bond acceptors (Lipinski definition) is 2. The molecule has 0 saturated heterocycles. The molecule has 0 bridgehead atoms. The molecule has 0 aromatic carbocycles. The summed E-state index contributed by atoms with van der Waals surface area (Å²) >= 11 is 0. The second kappa shape index (κ2) is 6.60. The Morgan fingerprint density at radius 1 is 1.29 bits per heavy atom. The van der Waals surface area contributed by atoms with Crippen LogP contribution in [0.4, 0.5) is 0 Å². The monoisotopic (exact) mass is 198 g/mol. The first-order valence-corrected chi connectivity index (χ1v) is 5.00. The molecular weight excluding hydrogens is 176 g/mol. The van der Waals surface area contributed by atoms with Gasteiger partial charge in [-0.3, -0.25) is 4.79 Å². The molecule has 0 aliphatic carbocycles. The molecule has 0 aromatic rings. The van der Waals surface area contributed by atoms with Crippen LogP contribution >= 0.6 is 0 Å². The van der Waals surface area contributed by atoms with E-state index in [9.17, 15) is 4.79 Å². The van der Waals surface area contributed by atoms with Crippen LogP contribution in [0.25, 0.3) is 0 Å². The van der Waals surface area contributed by atoms with E-state index in [-0.39, 0.29) is 5.91 Å². The number of likely N-dealkylation sites (N-methyl/N-ethyl adjacent to an activating group) is 2. The third-order valence-electron chi connectivity index (χ3n) is 1.75. The van der Waals surface area contributed by atoms with Crippen LogP contribution in [0.15, 0.2) is 12.2 Å². The average molecular weight is 198 g/mol. The summed E-state index contributed by atoms with van der Waals surface area (Å²) in [5.41, 5.74) is 0. The van der Waals surface area contributed by atoms with Crippen molar-refractivity contribution >= 4 is 5.91 Å². The summed E-state index contributed by atoms with van der Waals surface area (Å²) in [6, 6.07) is 0. The minimum absolute atomic E-state index is 0.0838. The van der Waals surface area contributed by atoms with Gasteiger partial charge in [0.15, 0.2) is 0 Å². The average Bonchev–Trinajstić information content (AvgIpc) is 2.01. The van der Waals surface area contributed by atoms with Crippen LogP contribution in [0.1, 0.15) is 13.8 Å². The van der Waals surface area contributed by atoms with Crippen molar-refractivity contribution in [3.8, 4) is 0 Å². The van der Waals surface area contributed by atoms with E-state index in [2.05, 4.69) is 13.8 Å². The fraction of sp³-hybridized carbons (Fsp3) is 0.727. The van der Waals surface area contributed by atoms with E-state index in [4.69, 9.17) is 0 Å². The van der Waals surface area contributed by atoms with E-state index >= 15 is 0 Å². The maximum atomic E-state index is 11.5. The smallest absolute Gasteiger partial charge is 0.246 e. The first kappa shape index (κ1) is 13.2. The largest absolute Gasteiger partial charge is 0.342 e. The van der Waals surface area contributed by atoms with Gasteiger partial charge in [0.05, 0.1) is 0 Å². The zero-order chi connectivity index (χ0) is 11.1. The van der Waals surface area contributed by atoms with Crippen LogP contribution in [0.5, 0.6) is 0 Å². The minimum atomic E-state index is 0.0838. The second-order valence-electron chi connectivity index (χ2n) is 4.28. The number of amides is 1. The first-order valence-electron chi connectivity index (χ1n) is 5.00. The molecule has 3 nitrogen and oxygen atoms in total. The molecule has 1 amide bonds. The predicted molar refractivity (Wildman–Crippen MR) is 60.2 cm³/mol. The summed E-state index contributed by atoms with van der Waals surface area (Å²) in [6.45, 7) is 5.83. The highest BCUT2D eigenvalue weighted by atomic mass is 16.2. The molecule has 0 spiro atoms. The van der Waals surface area contributed by atoms with Crippen molar-refractivity contribution in [1.82, 2.24) is 9.80 Å². The quantitative estimate of drug-likeness (QED) is 0.620. The lowest BCUT2D eigenvalue weighted by molar-refractivity contribution is -0.125. The second-order valence-corrected chi connectivity index (χ2v) is 4.28. The summed E-state index contributed by atoms with van der Waals surface area (Å²) in [7, 11) is 5.79. The highest BCUT2D eigenvalue weighted by Gasteiger charge is 2.05. The molecule has 82 valence electrons. The van der Waals surface area contributed by atoms with Gasteiger partial charge in [-0.05, 0) is 20.0 Å². The first-order chi connectivity index (χ1) is 6.43. The summed E-state index contributed by atoms with van der Waals surface area (Å²) in [6.07, 6.45) is 3.53. The Kier molecular flexibility index (Phi) is 6.21. The molecule has 0 N–H and O–H groups in total. The predicted octanol–water partition coefficient (Wildman–Crippen LogP) is 1.22. The molecular formula is C11H22N2O. The third-order valence-corrected chi connectivity index (χ3v) is 1.75. The fourth-order valence-corrected chi connectivity index (χ4v) is 1.13. The molecule has 3 heteroatoms. The molecule has 0 rings (SSSR count). The van der Waals surface area contributed by atoms with Gasteiger partial charge in [0.1, 0.15) is 0 Å². The van der Waals surface area contributed by atoms with Gasteiger partial charge in [-0.2, -0.15) is 0 Å². The molecule has 0 fully saturated rings. The number of carbonyl (C=O) groups excluding carboxylic acids is 1. The summed E-state index contributed by atoms with van der Waals surface area (Å²) < 4.78 is 0. The van der Waals surface area contributed by atoms with Crippen LogP contribution in [0.3, 0.4) is 0 Å². The maximum absolute atomic E-state index is 11.5. The van der Waals surface area contributed by atoms with Crippen molar-refractivity contribution in [2.24, 2.45) is 5.92 Å². The van der Waals surface area contributed by atoms with Gasteiger partial charge in [0.25, 0.3) is 0 Å². The SMILES string of the molecule is CC(C)CN(C)C(=O)/C=C/CN(C)C. The van der Waals surface area contributed by atoms with Crippen molar-refractivity contribution in [2.45, 2.75) is 13.8 Å². The Morgan fingerprint density at radius 2 is 1.86 bits per heavy atom. The molecule has 0 unspecified atom stereocenters. The van der Waals surface area contributed by atoms with Gasteiger partial charge in [0, 0.05) is 26.2 Å². The topological polar surface area (TPSA) is 23.6 Å². The highest BCUT2D eigenvalue weighted by Crippen LogP contribution is 1.96. The molecule has 0 saturated carbocycles. The van der Waals surface area contributed by atoms with Crippen LogP contribution in [-0.2, 0) is 4.79 Å². The Labute approximate surface area is 87.4 Å². The number of hydrogen-bond donors (Lipinski definition) is 0. The van der Waals surface area contributed by atoms with Crippen LogP contribution in [0.2, 0.25) is 0 Å². The van der Waals surface area contributed by atoms with Crippen molar-refractivity contribution in [1.29, 1.82) is 0 Å². The Bertz CT molecular complexity index is 197. The molecule has 0 aliphatic rings. The Morgan fingerprint density at radius 3 is 2.29 bits per heavy atom. The summed E-state index contributed by atoms with van der Waals surface area (Å²) in [5.74, 6) is 0.603. The molecule has 0 heterocycles. The Hall–Kier alpha value is -0.830. The summed E-state index contributed by atoms with van der Waals surface area (Å²) in [5, 5.41) is 0. The van der Waals surface area contributed by atoms with E-state index < -0.39 is 0 Å². The van der Waals surface area contributed by atoms with Gasteiger partial charge < -0.3 is 9.80 Å². The zero-order valence-electron chi connectivity index (χ0n) is 9.95. The van der Waals surface area contributed by atoms with E-state index in [1.807, 2.05) is 32.1 Å². The number of rotatable bonds is 5. The van der Waals surface area contributed by atoms with Gasteiger partial charge in [-0.15, -0.1) is 0 Å². The minimum Gasteiger partial charge on any atom is -0.342 e.